The van der Waals surface area contributed by atoms with Gasteiger partial charge in [0.15, 0.2) is 0 Å². The van der Waals surface area contributed by atoms with Crippen molar-refractivity contribution < 1.29 is 14.0 Å². The molecule has 2 atom stereocenters. The molecule has 1 saturated heterocycles. The number of hydrogen-bond acceptors (Lipinski definition) is 4. The van der Waals surface area contributed by atoms with Crippen molar-refractivity contribution in [3.8, 4) is 11.3 Å². The van der Waals surface area contributed by atoms with Crippen LogP contribution in [0.2, 0.25) is 10.0 Å². The molecule has 1 fully saturated rings. The summed E-state index contributed by atoms with van der Waals surface area (Å²) in [6, 6.07) is 25.0. The third kappa shape index (κ3) is 2.93. The maximum Gasteiger partial charge on any atom is 0.254 e. The van der Waals surface area contributed by atoms with Crippen LogP contribution in [0.25, 0.3) is 11.3 Å². The van der Waals surface area contributed by atoms with Gasteiger partial charge in [-0.15, -0.1) is 0 Å². The van der Waals surface area contributed by atoms with Crippen LogP contribution in [0.4, 0.5) is 0 Å². The zero-order valence-corrected chi connectivity index (χ0v) is 20.3. The Morgan fingerprint density at radius 2 is 1.28 bits per heavy atom. The predicted molar refractivity (Wildman–Crippen MR) is 137 cm³/mol. The minimum atomic E-state index is -0.470. The number of amides is 2. The first kappa shape index (κ1) is 21.6. The highest BCUT2D eigenvalue weighted by Gasteiger charge is 2.61. The normalized spacial score (nSPS) is 23.8. The van der Waals surface area contributed by atoms with Gasteiger partial charge in [-0.05, 0) is 46.5 Å². The number of furan rings is 1. The van der Waals surface area contributed by atoms with Gasteiger partial charge in [0.05, 0.1) is 28.1 Å². The number of benzene rings is 3. The second-order valence-electron chi connectivity index (χ2n) is 9.30. The number of carbonyl (C=O) groups is 2. The Kier molecular flexibility index (Phi) is 4.75. The molecule has 5 nitrogen and oxygen atoms in total. The monoisotopic (exact) mass is 512 g/mol. The second-order valence-corrected chi connectivity index (χ2v) is 10.1. The minimum absolute atomic E-state index is 0.163. The fourth-order valence-corrected chi connectivity index (χ4v) is 6.54. The highest BCUT2D eigenvalue weighted by Crippen LogP contribution is 2.60. The van der Waals surface area contributed by atoms with E-state index < -0.39 is 11.8 Å². The Morgan fingerprint density at radius 3 is 1.83 bits per heavy atom. The third-order valence-corrected chi connectivity index (χ3v) is 8.39. The summed E-state index contributed by atoms with van der Waals surface area (Å²) < 4.78 is 5.87. The van der Waals surface area contributed by atoms with Crippen LogP contribution in [-0.2, 0) is 9.59 Å². The molecule has 8 rings (SSSR count). The van der Waals surface area contributed by atoms with Crippen LogP contribution in [-0.4, -0.2) is 23.0 Å². The number of nitrogens with zero attached hydrogens (tertiary/aromatic N) is 2. The molecule has 0 radical (unpaired) electrons. The van der Waals surface area contributed by atoms with Gasteiger partial charge >= 0.3 is 0 Å². The second kappa shape index (κ2) is 7.92. The number of imide groups is 1. The summed E-state index contributed by atoms with van der Waals surface area (Å²) in [4.78, 5) is 27.2. The van der Waals surface area contributed by atoms with Crippen LogP contribution >= 0.6 is 23.2 Å². The van der Waals surface area contributed by atoms with Gasteiger partial charge in [0, 0.05) is 17.4 Å². The number of rotatable bonds is 3. The van der Waals surface area contributed by atoms with E-state index in [1.807, 2.05) is 24.3 Å². The maximum atomic E-state index is 13.6. The van der Waals surface area contributed by atoms with Crippen molar-refractivity contribution in [3.63, 3.8) is 0 Å². The van der Waals surface area contributed by atoms with Crippen LogP contribution in [0.1, 0.15) is 39.8 Å². The average Bonchev–Trinajstić information content (AvgIpc) is 3.47. The quantitative estimate of drug-likeness (QED) is 0.233. The Labute approximate surface area is 216 Å². The van der Waals surface area contributed by atoms with Gasteiger partial charge in [-0.1, -0.05) is 77.8 Å². The number of hydrogen-bond donors (Lipinski definition) is 0. The minimum Gasteiger partial charge on any atom is -0.455 e. The van der Waals surface area contributed by atoms with Gasteiger partial charge in [0.2, 0.25) is 0 Å². The topological polar surface area (TPSA) is 62.9 Å². The van der Waals surface area contributed by atoms with E-state index >= 15 is 0 Å². The number of hydrazone groups is 1. The first-order valence-corrected chi connectivity index (χ1v) is 12.4. The first-order chi connectivity index (χ1) is 17.5. The smallest absolute Gasteiger partial charge is 0.254 e. The van der Waals surface area contributed by atoms with E-state index in [0.29, 0.717) is 27.1 Å². The van der Waals surface area contributed by atoms with Crippen molar-refractivity contribution >= 4 is 41.2 Å². The van der Waals surface area contributed by atoms with Gasteiger partial charge in [0.25, 0.3) is 11.8 Å². The molecule has 1 aromatic heterocycles. The molecule has 4 aliphatic rings. The Bertz CT molecular complexity index is 1490. The molecule has 0 unspecified atom stereocenters. The highest BCUT2D eigenvalue weighted by molar-refractivity contribution is 6.43. The van der Waals surface area contributed by atoms with Crippen molar-refractivity contribution in [1.29, 1.82) is 0 Å². The van der Waals surface area contributed by atoms with E-state index in [1.165, 1.54) is 6.21 Å². The molecule has 3 aliphatic carbocycles. The van der Waals surface area contributed by atoms with Crippen molar-refractivity contribution in [2.24, 2.45) is 16.9 Å². The van der Waals surface area contributed by atoms with Crippen LogP contribution in [0.3, 0.4) is 0 Å². The summed E-state index contributed by atoms with van der Waals surface area (Å²) >= 11 is 12.4. The molecule has 36 heavy (non-hydrogen) atoms. The summed E-state index contributed by atoms with van der Waals surface area (Å²) in [6.45, 7) is 0. The van der Waals surface area contributed by atoms with E-state index in [1.54, 1.807) is 30.3 Å². The van der Waals surface area contributed by atoms with Crippen LogP contribution in [0.5, 0.6) is 0 Å². The van der Waals surface area contributed by atoms with E-state index in [0.717, 1.165) is 27.3 Å². The summed E-state index contributed by atoms with van der Waals surface area (Å²) in [5.41, 5.74) is 5.16. The van der Waals surface area contributed by atoms with E-state index in [2.05, 4.69) is 29.4 Å². The van der Waals surface area contributed by atoms with Gasteiger partial charge in [-0.2, -0.15) is 10.1 Å². The SMILES string of the molecule is O=C1[C@@H]2C3c4ccccc4C(c4ccccc43)[C@H]2C(=O)N1/N=C\c1ccc(-c2cccc(Cl)c2Cl)o1. The van der Waals surface area contributed by atoms with Crippen LogP contribution in [0.15, 0.2) is 88.4 Å². The van der Waals surface area contributed by atoms with Crippen molar-refractivity contribution in [2.45, 2.75) is 11.8 Å². The zero-order chi connectivity index (χ0) is 24.6. The first-order valence-electron chi connectivity index (χ1n) is 11.7. The molecular formula is C29H18Cl2N2O3. The van der Waals surface area contributed by atoms with Gasteiger partial charge < -0.3 is 4.42 Å². The number of carbonyl (C=O) groups excluding carboxylic acids is 2. The molecule has 0 saturated carbocycles. The Hall–Kier alpha value is -3.67. The molecule has 3 aromatic carbocycles. The van der Waals surface area contributed by atoms with Gasteiger partial charge in [0.1, 0.15) is 11.5 Å². The summed E-state index contributed by atoms with van der Waals surface area (Å²) in [7, 11) is 0. The fourth-order valence-electron chi connectivity index (χ4n) is 6.15. The average molecular weight is 513 g/mol. The standard InChI is InChI=1S/C29H18Cl2N2O3/c30-21-11-5-10-20(27(21)31)22-13-12-15(36-22)14-32-33-28(34)25-23-16-6-1-2-7-17(16)24(26(25)29(33)35)19-9-4-3-8-18(19)23/h1-14,23-26H/b32-14-/t23?,24?,25-,26-/m1/s1. The van der Waals surface area contributed by atoms with Gasteiger partial charge in [-0.3, -0.25) is 9.59 Å². The lowest BCUT2D eigenvalue weighted by atomic mass is 9.55. The molecule has 2 bridgehead atoms. The van der Waals surface area contributed by atoms with Crippen molar-refractivity contribution in [3.05, 3.63) is 117 Å². The van der Waals surface area contributed by atoms with Crippen LogP contribution < -0.4 is 0 Å². The lowest BCUT2D eigenvalue weighted by Crippen LogP contribution is -2.41. The third-order valence-electron chi connectivity index (χ3n) is 7.57. The zero-order valence-electron chi connectivity index (χ0n) is 18.8. The van der Waals surface area contributed by atoms with E-state index in [9.17, 15) is 9.59 Å². The fraction of sp³-hybridized carbons (Fsp3) is 0.138. The van der Waals surface area contributed by atoms with Crippen molar-refractivity contribution in [2.75, 3.05) is 0 Å². The molecule has 1 aliphatic heterocycles. The lowest BCUT2D eigenvalue weighted by molar-refractivity contribution is -0.139. The Morgan fingerprint density at radius 1 is 0.722 bits per heavy atom. The van der Waals surface area contributed by atoms with Crippen molar-refractivity contribution in [1.82, 2.24) is 5.01 Å². The highest BCUT2D eigenvalue weighted by atomic mass is 35.5. The van der Waals surface area contributed by atoms with E-state index in [-0.39, 0.29) is 23.7 Å². The van der Waals surface area contributed by atoms with E-state index in [4.69, 9.17) is 27.6 Å². The van der Waals surface area contributed by atoms with Gasteiger partial charge in [-0.25, -0.2) is 0 Å². The summed E-state index contributed by atoms with van der Waals surface area (Å²) in [5.74, 6) is -0.904. The number of halogens is 2. The molecular weight excluding hydrogens is 495 g/mol. The molecule has 0 spiro atoms. The molecule has 4 aromatic rings. The van der Waals surface area contributed by atoms with Crippen LogP contribution in [0, 0.1) is 11.8 Å². The largest absolute Gasteiger partial charge is 0.455 e. The predicted octanol–water partition coefficient (Wildman–Crippen LogP) is 6.48. The lowest BCUT2D eigenvalue weighted by Gasteiger charge is -2.45. The molecule has 0 N–H and O–H groups in total. The summed E-state index contributed by atoms with van der Waals surface area (Å²) in [6.07, 6.45) is 1.40. The molecule has 7 heteroatoms. The summed E-state index contributed by atoms with van der Waals surface area (Å²) in [5, 5.41) is 6.15. The maximum absolute atomic E-state index is 13.6. The molecule has 2 heterocycles. The molecule has 176 valence electrons. The Balaban J connectivity index is 1.24. The molecule has 2 amide bonds.